The number of benzene rings is 1. The van der Waals surface area contributed by atoms with Crippen molar-refractivity contribution in [3.8, 4) is 0 Å². The Kier molecular flexibility index (Phi) is 6.16. The van der Waals surface area contributed by atoms with Crippen LogP contribution in [-0.2, 0) is 16.9 Å². The summed E-state index contributed by atoms with van der Waals surface area (Å²) in [4.78, 5) is 28.5. The lowest BCUT2D eigenvalue weighted by molar-refractivity contribution is -0.117. The van der Waals surface area contributed by atoms with Gasteiger partial charge in [-0.15, -0.1) is 8.07 Å². The first-order valence-electron chi connectivity index (χ1n) is 12.4. The highest BCUT2D eigenvalue weighted by atomic mass is 28.3. The van der Waals surface area contributed by atoms with Crippen LogP contribution in [0.15, 0.2) is 30.3 Å². The number of amides is 3. The number of aromatic nitrogens is 2. The van der Waals surface area contributed by atoms with Crippen molar-refractivity contribution in [1.29, 1.82) is 0 Å². The molecule has 1 aliphatic carbocycles. The molecule has 4 N–H and O–H groups in total. The number of hydrogen-bond donors (Lipinski definition) is 4. The summed E-state index contributed by atoms with van der Waals surface area (Å²) in [6.45, 7) is 14.5. The van der Waals surface area contributed by atoms with Gasteiger partial charge in [0.15, 0.2) is 5.82 Å². The van der Waals surface area contributed by atoms with Gasteiger partial charge in [-0.1, -0.05) is 48.2 Å². The van der Waals surface area contributed by atoms with Gasteiger partial charge < -0.3 is 20.6 Å². The van der Waals surface area contributed by atoms with Crippen LogP contribution in [0.1, 0.15) is 69.8 Å². The van der Waals surface area contributed by atoms with Crippen LogP contribution in [0.3, 0.4) is 0 Å². The Labute approximate surface area is 208 Å². The first-order valence-corrected chi connectivity index (χ1v) is 15.9. The maximum atomic E-state index is 13.5. The van der Waals surface area contributed by atoms with Gasteiger partial charge in [-0.3, -0.25) is 9.89 Å². The van der Waals surface area contributed by atoms with Crippen LogP contribution in [0.2, 0.25) is 24.7 Å². The summed E-state index contributed by atoms with van der Waals surface area (Å²) < 4.78 is 0. The summed E-state index contributed by atoms with van der Waals surface area (Å²) >= 11 is 0. The number of hydrogen-bond acceptors (Lipinski definition) is 4. The summed E-state index contributed by atoms with van der Waals surface area (Å²) in [5.74, 6) is 0.579. The van der Waals surface area contributed by atoms with E-state index >= 15 is 0 Å². The van der Waals surface area contributed by atoms with Gasteiger partial charge in [-0.2, -0.15) is 24.7 Å². The molecule has 4 rings (SSSR count). The molecular weight excluding hydrogens is 458 g/mol. The highest BCUT2D eigenvalue weighted by molar-refractivity contribution is 6.83. The van der Waals surface area contributed by atoms with Crippen molar-refractivity contribution in [2.75, 3.05) is 5.32 Å². The molecule has 0 bridgehead atoms. The fourth-order valence-corrected chi connectivity index (χ4v) is 7.65. The summed E-state index contributed by atoms with van der Waals surface area (Å²) in [6, 6.07) is 9.13. The number of nitrogens with one attached hydrogen (secondary N) is 3. The Hall–Kier alpha value is -2.65. The number of aromatic amines is 1. The SMILES string of the molecule is CC(C)(O)C[C@@H](NC(=O)N1Cc2c(NC(=O)C3([Si-](C)(C)C)CC3)n[nH]c2C1(C)C)c1ccccc1. The molecule has 2 heterocycles. The van der Waals surface area contributed by atoms with Gasteiger partial charge in [-0.25, -0.2) is 4.79 Å². The third-order valence-electron chi connectivity index (χ3n) is 7.77. The molecule has 191 valence electrons. The second kappa shape index (κ2) is 8.48. The predicted octanol–water partition coefficient (Wildman–Crippen LogP) is 4.88. The fourth-order valence-electron chi connectivity index (χ4n) is 5.28. The maximum absolute atomic E-state index is 13.5. The maximum Gasteiger partial charge on any atom is 0.318 e. The molecule has 2 aliphatic rings. The van der Waals surface area contributed by atoms with E-state index in [4.69, 9.17) is 0 Å². The van der Waals surface area contributed by atoms with E-state index in [1.807, 2.05) is 44.2 Å². The van der Waals surface area contributed by atoms with Crippen LogP contribution in [0, 0.1) is 0 Å². The zero-order valence-corrected chi connectivity index (χ0v) is 23.0. The molecule has 1 aromatic carbocycles. The van der Waals surface area contributed by atoms with E-state index in [0.717, 1.165) is 29.7 Å². The van der Waals surface area contributed by atoms with E-state index in [9.17, 15) is 14.7 Å². The van der Waals surface area contributed by atoms with E-state index in [2.05, 4.69) is 40.5 Å². The number of carbonyl (C=O) groups is 2. The Bertz CT molecular complexity index is 1110. The van der Waals surface area contributed by atoms with E-state index in [1.165, 1.54) is 0 Å². The van der Waals surface area contributed by atoms with E-state index < -0.39 is 19.2 Å². The van der Waals surface area contributed by atoms with Gasteiger partial charge in [0, 0.05) is 12.0 Å². The number of rotatable bonds is 7. The highest BCUT2D eigenvalue weighted by Gasteiger charge is 2.51. The topological polar surface area (TPSA) is 110 Å². The lowest BCUT2D eigenvalue weighted by Gasteiger charge is -2.38. The van der Waals surface area contributed by atoms with Crippen molar-refractivity contribution in [2.45, 2.75) is 95.4 Å². The number of urea groups is 1. The Morgan fingerprint density at radius 2 is 1.83 bits per heavy atom. The number of anilines is 1. The minimum absolute atomic E-state index is 0.0565. The van der Waals surface area contributed by atoms with Crippen molar-refractivity contribution < 1.29 is 14.7 Å². The standard InChI is InChI=1S/C26H39N5O3Si/c1-24(2,34)15-19(17-11-9-8-10-12-17)27-23(33)31-16-18-20(25(31,3)4)29-30-21(18)28-22(32)26(13-14-26)35(5,6)7/h8-12,19,34H,13-16H2,1-7H3,(H,27,33)(H2,28,29,30,32)/q-1/t19-/m1/s1. The molecule has 1 aliphatic heterocycles. The number of fused-ring (bicyclic) bond motifs is 1. The van der Waals surface area contributed by atoms with Crippen LogP contribution in [0.4, 0.5) is 10.6 Å². The largest absolute Gasteiger partial charge is 0.390 e. The van der Waals surface area contributed by atoms with Gasteiger partial charge in [-0.05, 0) is 33.3 Å². The number of nitrogens with zero attached hydrogens (tertiary/aromatic N) is 2. The molecule has 0 radical (unpaired) electrons. The number of aliphatic hydroxyl groups is 1. The molecule has 1 aromatic heterocycles. The lowest BCUT2D eigenvalue weighted by Crippen LogP contribution is -2.48. The van der Waals surface area contributed by atoms with Crippen molar-refractivity contribution >= 4 is 25.8 Å². The molecule has 3 amide bonds. The first-order chi connectivity index (χ1) is 16.2. The lowest BCUT2D eigenvalue weighted by atomic mass is 9.94. The summed E-state index contributed by atoms with van der Waals surface area (Å²) in [5.41, 5.74) is 1.04. The number of carbonyl (C=O) groups excluding carboxylic acids is 2. The summed E-state index contributed by atoms with van der Waals surface area (Å²) in [6.07, 6.45) is 2.25. The molecule has 35 heavy (non-hydrogen) atoms. The second-order valence-electron chi connectivity index (χ2n) is 12.3. The Balaban J connectivity index is 1.53. The number of H-pyrrole nitrogens is 1. The fraction of sp³-hybridized carbons (Fsp3) is 0.577. The second-order valence-corrected chi connectivity index (χ2v) is 17.7. The van der Waals surface area contributed by atoms with Gasteiger partial charge in [0.1, 0.15) is 0 Å². The quantitative estimate of drug-likeness (QED) is 0.409. The monoisotopic (exact) mass is 497 g/mol. The Morgan fingerprint density at radius 1 is 1.20 bits per heavy atom. The van der Waals surface area contributed by atoms with Crippen LogP contribution < -0.4 is 10.6 Å². The molecule has 0 unspecified atom stereocenters. The zero-order valence-electron chi connectivity index (χ0n) is 22.0. The van der Waals surface area contributed by atoms with Gasteiger partial charge in [0.05, 0.1) is 29.4 Å². The minimum Gasteiger partial charge on any atom is -0.390 e. The van der Waals surface area contributed by atoms with Crippen molar-refractivity contribution in [1.82, 2.24) is 20.4 Å². The van der Waals surface area contributed by atoms with Gasteiger partial charge in [0.25, 0.3) is 0 Å². The minimum atomic E-state index is -1.67. The van der Waals surface area contributed by atoms with E-state index in [-0.39, 0.29) is 23.0 Å². The normalized spacial score (nSPS) is 19.1. The Morgan fingerprint density at radius 3 is 2.37 bits per heavy atom. The van der Waals surface area contributed by atoms with Crippen LogP contribution in [0.5, 0.6) is 0 Å². The molecule has 8 nitrogen and oxygen atoms in total. The molecule has 0 saturated heterocycles. The third-order valence-corrected chi connectivity index (χ3v) is 11.4. The van der Waals surface area contributed by atoms with Crippen LogP contribution in [0.25, 0.3) is 0 Å². The third kappa shape index (κ3) is 4.76. The van der Waals surface area contributed by atoms with E-state index in [0.29, 0.717) is 18.8 Å². The van der Waals surface area contributed by atoms with Crippen molar-refractivity contribution in [2.24, 2.45) is 0 Å². The zero-order chi connectivity index (χ0) is 25.8. The summed E-state index contributed by atoms with van der Waals surface area (Å²) in [7, 11) is -1.67. The predicted molar refractivity (Wildman–Crippen MR) is 140 cm³/mol. The van der Waals surface area contributed by atoms with Gasteiger partial charge >= 0.3 is 6.03 Å². The van der Waals surface area contributed by atoms with Crippen LogP contribution >= 0.6 is 0 Å². The van der Waals surface area contributed by atoms with E-state index in [1.54, 1.807) is 18.7 Å². The molecule has 1 saturated carbocycles. The molecule has 1 atom stereocenters. The van der Waals surface area contributed by atoms with Gasteiger partial charge in [0.2, 0.25) is 5.91 Å². The average Bonchev–Trinajstić information content (AvgIpc) is 3.41. The molecule has 0 spiro atoms. The average molecular weight is 498 g/mol. The first kappa shape index (κ1) is 25.4. The summed E-state index contributed by atoms with van der Waals surface area (Å²) in [5, 5.41) is 24.0. The molecule has 2 aromatic rings. The highest BCUT2D eigenvalue weighted by Crippen LogP contribution is 2.61. The molecular formula is C26H39N5O3Si-. The van der Waals surface area contributed by atoms with Crippen LogP contribution in [-0.4, -0.2) is 45.8 Å². The molecule has 9 heteroatoms. The van der Waals surface area contributed by atoms with Crippen molar-refractivity contribution in [3.63, 3.8) is 0 Å². The van der Waals surface area contributed by atoms with Crippen molar-refractivity contribution in [3.05, 3.63) is 47.2 Å². The smallest absolute Gasteiger partial charge is 0.318 e. The molecule has 1 fully saturated rings.